The van der Waals surface area contributed by atoms with Crippen LogP contribution in [-0.4, -0.2) is 88.2 Å². The first-order valence-corrected chi connectivity index (χ1v) is 15.5. The van der Waals surface area contributed by atoms with Crippen molar-refractivity contribution < 1.29 is 33.8 Å². The van der Waals surface area contributed by atoms with Crippen LogP contribution < -0.4 is 5.32 Å². The van der Waals surface area contributed by atoms with E-state index in [1.165, 1.54) is 4.90 Å². The van der Waals surface area contributed by atoms with Crippen LogP contribution in [0.2, 0.25) is 0 Å². The van der Waals surface area contributed by atoms with Crippen molar-refractivity contribution in [2.75, 3.05) is 26.3 Å². The standard InChI is InChI=1S/C34H45N3O7/c1-32(2,3)21-33(4,5)37-17-11-16-34-27(30(41)36(18-19-38)28(34)31(37)42)26-24(44-34)14-9-10-15-25(39)43-20-23(35-29(26)40)22-12-7-6-8-13-22/h6-9,11-14,16,23-24,26-28,38H,10,15,17-21H2,1-5H3,(H,35,40)/b14-9-/t23-,24+,26-,27-,28+,34-/m0/s1. The van der Waals surface area contributed by atoms with E-state index in [0.717, 1.165) is 12.0 Å². The predicted octanol–water partition coefficient (Wildman–Crippen LogP) is 2.92. The number of likely N-dealkylation sites (tertiary alicyclic amines) is 1. The maximum absolute atomic E-state index is 14.6. The minimum atomic E-state index is -1.42. The number of allylic oxidation sites excluding steroid dienone is 1. The molecule has 0 radical (unpaired) electrons. The third-order valence-electron chi connectivity index (χ3n) is 9.10. The van der Waals surface area contributed by atoms with E-state index in [2.05, 4.69) is 26.1 Å². The van der Waals surface area contributed by atoms with Crippen molar-refractivity contribution in [3.05, 3.63) is 60.2 Å². The molecule has 238 valence electrons. The molecule has 4 aliphatic heterocycles. The lowest BCUT2D eigenvalue weighted by Crippen LogP contribution is -2.60. The number of nitrogens with one attached hydrogen (secondary N) is 1. The number of hydrogen-bond acceptors (Lipinski definition) is 7. The van der Waals surface area contributed by atoms with Crippen LogP contribution in [0.3, 0.4) is 0 Å². The van der Waals surface area contributed by atoms with Crippen LogP contribution in [0.25, 0.3) is 0 Å². The minimum Gasteiger partial charge on any atom is -0.463 e. The van der Waals surface area contributed by atoms with Gasteiger partial charge in [0.15, 0.2) is 0 Å². The number of rotatable bonds is 5. The topological polar surface area (TPSA) is 125 Å². The van der Waals surface area contributed by atoms with Crippen LogP contribution >= 0.6 is 0 Å². The number of esters is 1. The summed E-state index contributed by atoms with van der Waals surface area (Å²) >= 11 is 0. The number of aliphatic hydroxyl groups excluding tert-OH is 1. The normalized spacial score (nSPS) is 32.1. The molecular formula is C34H45N3O7. The Morgan fingerprint density at radius 2 is 1.75 bits per heavy atom. The second-order valence-electron chi connectivity index (χ2n) is 14.1. The Kier molecular flexibility index (Phi) is 8.79. The van der Waals surface area contributed by atoms with Crippen LogP contribution in [-0.2, 0) is 28.7 Å². The van der Waals surface area contributed by atoms with Crippen molar-refractivity contribution in [2.45, 2.75) is 83.2 Å². The molecular weight excluding hydrogens is 562 g/mol. The molecule has 6 atom stereocenters. The van der Waals surface area contributed by atoms with Gasteiger partial charge in [0.2, 0.25) is 17.7 Å². The highest BCUT2D eigenvalue weighted by Gasteiger charge is 2.71. The highest BCUT2D eigenvalue weighted by molar-refractivity contribution is 6.00. The van der Waals surface area contributed by atoms with Gasteiger partial charge in [0.05, 0.1) is 30.6 Å². The van der Waals surface area contributed by atoms with Gasteiger partial charge in [-0.3, -0.25) is 19.2 Å². The molecule has 4 heterocycles. The number of benzene rings is 1. The summed E-state index contributed by atoms with van der Waals surface area (Å²) in [6.45, 7) is 10.3. The maximum atomic E-state index is 14.6. The molecule has 44 heavy (non-hydrogen) atoms. The fraction of sp³-hybridized carbons (Fsp3) is 0.588. The van der Waals surface area contributed by atoms with Gasteiger partial charge < -0.3 is 29.7 Å². The molecule has 0 saturated carbocycles. The smallest absolute Gasteiger partial charge is 0.306 e. The van der Waals surface area contributed by atoms with Gasteiger partial charge in [0, 0.05) is 25.0 Å². The summed E-state index contributed by atoms with van der Waals surface area (Å²) in [4.78, 5) is 58.8. The van der Waals surface area contributed by atoms with Crippen molar-refractivity contribution >= 4 is 23.7 Å². The molecule has 2 saturated heterocycles. The fourth-order valence-electron chi connectivity index (χ4n) is 7.72. The van der Waals surface area contributed by atoms with E-state index in [-0.39, 0.29) is 43.5 Å². The van der Waals surface area contributed by atoms with Gasteiger partial charge in [-0.2, -0.15) is 0 Å². The summed E-state index contributed by atoms with van der Waals surface area (Å²) in [5, 5.41) is 13.0. The molecule has 2 fully saturated rings. The Hall–Kier alpha value is -3.50. The number of carbonyl (C=O) groups is 4. The third-order valence-corrected chi connectivity index (χ3v) is 9.10. The predicted molar refractivity (Wildman–Crippen MR) is 163 cm³/mol. The second-order valence-corrected chi connectivity index (χ2v) is 14.1. The van der Waals surface area contributed by atoms with E-state index in [0.29, 0.717) is 13.0 Å². The molecule has 10 nitrogen and oxygen atoms in total. The number of nitrogens with zero attached hydrogens (tertiary/aromatic N) is 2. The lowest BCUT2D eigenvalue weighted by Gasteiger charge is -2.44. The molecule has 0 bridgehead atoms. The first-order chi connectivity index (χ1) is 20.8. The number of aliphatic hydroxyl groups is 1. The summed E-state index contributed by atoms with van der Waals surface area (Å²) in [5.41, 5.74) is -1.27. The zero-order chi connectivity index (χ0) is 31.9. The van der Waals surface area contributed by atoms with Crippen molar-refractivity contribution in [1.82, 2.24) is 15.1 Å². The number of fused-ring (bicyclic) bond motifs is 2. The van der Waals surface area contributed by atoms with Gasteiger partial charge in [-0.1, -0.05) is 75.4 Å². The van der Waals surface area contributed by atoms with E-state index >= 15 is 0 Å². The largest absolute Gasteiger partial charge is 0.463 e. The molecule has 0 unspecified atom stereocenters. The van der Waals surface area contributed by atoms with Crippen LogP contribution in [0.4, 0.5) is 0 Å². The molecule has 5 rings (SSSR count). The maximum Gasteiger partial charge on any atom is 0.306 e. The van der Waals surface area contributed by atoms with E-state index in [1.807, 2.05) is 50.3 Å². The van der Waals surface area contributed by atoms with Gasteiger partial charge in [-0.25, -0.2) is 0 Å². The van der Waals surface area contributed by atoms with Crippen molar-refractivity contribution in [1.29, 1.82) is 0 Å². The van der Waals surface area contributed by atoms with Gasteiger partial charge in [-0.05, 0) is 37.7 Å². The SMILES string of the molecule is CC(C)(C)CC(C)(C)N1CC=C[C@]23O[C@@H]4/C=C\CCC(=O)OC[C@@H](c5ccccc5)NC(=O)[C@@H]4[C@H]2C(=O)N(CCO)[C@@H]3C1=O. The molecule has 1 aromatic rings. The van der Waals surface area contributed by atoms with Crippen LogP contribution in [0.5, 0.6) is 0 Å². The summed E-state index contributed by atoms with van der Waals surface area (Å²) < 4.78 is 12.2. The van der Waals surface area contributed by atoms with Crippen LogP contribution in [0, 0.1) is 17.3 Å². The molecule has 2 N–H and O–H groups in total. The average Bonchev–Trinajstić information content (AvgIpc) is 3.32. The molecule has 3 amide bonds. The van der Waals surface area contributed by atoms with Crippen LogP contribution in [0.1, 0.15) is 65.5 Å². The molecule has 4 aliphatic rings. The number of hydrogen-bond donors (Lipinski definition) is 2. The highest BCUT2D eigenvalue weighted by Crippen LogP contribution is 2.53. The first-order valence-electron chi connectivity index (χ1n) is 15.5. The quantitative estimate of drug-likeness (QED) is 0.390. The van der Waals surface area contributed by atoms with E-state index in [9.17, 15) is 24.3 Å². The van der Waals surface area contributed by atoms with E-state index < -0.39 is 53.0 Å². The minimum absolute atomic E-state index is 0.0598. The average molecular weight is 608 g/mol. The summed E-state index contributed by atoms with van der Waals surface area (Å²) in [6, 6.07) is 7.52. The number of β-amino-alcohol motifs (C(OH)–C–C–N with tert-alkyl or cyclic N) is 1. The van der Waals surface area contributed by atoms with Gasteiger partial charge >= 0.3 is 5.97 Å². The highest BCUT2D eigenvalue weighted by atomic mass is 16.5. The number of amides is 3. The summed E-state index contributed by atoms with van der Waals surface area (Å²) in [7, 11) is 0. The summed E-state index contributed by atoms with van der Waals surface area (Å²) in [6.07, 6.45) is 7.60. The fourth-order valence-corrected chi connectivity index (χ4v) is 7.72. The zero-order valence-electron chi connectivity index (χ0n) is 26.3. The Morgan fingerprint density at radius 1 is 1.02 bits per heavy atom. The number of cyclic esters (lactones) is 1. The molecule has 0 aromatic heterocycles. The molecule has 0 aliphatic carbocycles. The Bertz CT molecular complexity index is 1330. The van der Waals surface area contributed by atoms with Crippen LogP contribution in [0.15, 0.2) is 54.6 Å². The van der Waals surface area contributed by atoms with E-state index in [1.54, 1.807) is 23.1 Å². The summed E-state index contributed by atoms with van der Waals surface area (Å²) in [5.74, 6) is -3.44. The monoisotopic (exact) mass is 607 g/mol. The lowest BCUT2D eigenvalue weighted by molar-refractivity contribution is -0.152. The van der Waals surface area contributed by atoms with E-state index in [4.69, 9.17) is 9.47 Å². The van der Waals surface area contributed by atoms with Gasteiger partial charge in [0.25, 0.3) is 0 Å². The first kappa shape index (κ1) is 31.9. The molecule has 10 heteroatoms. The number of ether oxygens (including phenoxy) is 2. The Labute approximate surface area is 259 Å². The molecule has 1 spiro atoms. The Morgan fingerprint density at radius 3 is 2.43 bits per heavy atom. The van der Waals surface area contributed by atoms with Gasteiger partial charge in [0.1, 0.15) is 18.2 Å². The zero-order valence-corrected chi connectivity index (χ0v) is 26.3. The third kappa shape index (κ3) is 5.94. The van der Waals surface area contributed by atoms with Crippen molar-refractivity contribution in [3.8, 4) is 0 Å². The second kappa shape index (κ2) is 12.1. The number of carbonyl (C=O) groups excluding carboxylic acids is 4. The Balaban J connectivity index is 1.57. The van der Waals surface area contributed by atoms with Crippen molar-refractivity contribution in [2.24, 2.45) is 17.3 Å². The van der Waals surface area contributed by atoms with Crippen molar-refractivity contribution in [3.63, 3.8) is 0 Å². The lowest BCUT2D eigenvalue weighted by atomic mass is 9.77. The molecule has 1 aromatic carbocycles. The van der Waals surface area contributed by atoms with Gasteiger partial charge in [-0.15, -0.1) is 0 Å².